The lowest BCUT2D eigenvalue weighted by Gasteiger charge is -2.27. The molecule has 3 aromatic rings. The van der Waals surface area contributed by atoms with E-state index < -0.39 is 28.2 Å². The number of nitrogens with one attached hydrogen (secondary N) is 1. The normalized spacial score (nSPS) is 18.2. The van der Waals surface area contributed by atoms with Gasteiger partial charge in [0.2, 0.25) is 0 Å². The Bertz CT molecular complexity index is 1230. The van der Waals surface area contributed by atoms with Gasteiger partial charge in [-0.2, -0.15) is 18.3 Å². The van der Waals surface area contributed by atoms with Gasteiger partial charge in [0.15, 0.2) is 0 Å². The molecule has 0 spiro atoms. The van der Waals surface area contributed by atoms with E-state index in [1.807, 2.05) is 43.3 Å². The van der Waals surface area contributed by atoms with Crippen LogP contribution in [0.2, 0.25) is 5.02 Å². The highest BCUT2D eigenvalue weighted by Crippen LogP contribution is 2.39. The van der Waals surface area contributed by atoms with Gasteiger partial charge in [-0.25, -0.2) is 9.80 Å². The molecule has 170 valence electrons. The molecule has 0 fully saturated rings. The molecule has 1 aliphatic heterocycles. The zero-order valence-electron chi connectivity index (χ0n) is 17.3. The topological polar surface area (TPSA) is 44.7 Å². The van der Waals surface area contributed by atoms with E-state index in [1.54, 1.807) is 18.2 Å². The highest BCUT2D eigenvalue weighted by Gasteiger charge is 2.43. The van der Waals surface area contributed by atoms with E-state index in [4.69, 9.17) is 11.6 Å². The lowest BCUT2D eigenvalue weighted by Crippen LogP contribution is -2.38. The Labute approximate surface area is 202 Å². The molecule has 0 radical (unpaired) electrons. The van der Waals surface area contributed by atoms with E-state index in [0.29, 0.717) is 17.0 Å². The van der Waals surface area contributed by atoms with Gasteiger partial charge in [-0.15, -0.1) is 0 Å². The third-order valence-electron chi connectivity index (χ3n) is 5.48. The molecule has 9 heteroatoms. The number of urea groups is 1. The van der Waals surface area contributed by atoms with Gasteiger partial charge in [0.25, 0.3) is 0 Å². The molecular weight excluding hydrogens is 519 g/mol. The summed E-state index contributed by atoms with van der Waals surface area (Å²) in [5.41, 5.74) is 0.636. The van der Waals surface area contributed by atoms with Crippen molar-refractivity contribution < 1.29 is 18.0 Å². The zero-order chi connectivity index (χ0) is 23.8. The molecule has 0 aromatic heterocycles. The highest BCUT2D eigenvalue weighted by molar-refractivity contribution is 9.10. The highest BCUT2D eigenvalue weighted by atomic mass is 79.9. The Balaban J connectivity index is 1.73. The molecule has 1 unspecified atom stereocenters. The van der Waals surface area contributed by atoms with E-state index in [2.05, 4.69) is 26.3 Å². The number of hydrogen-bond donors (Lipinski definition) is 1. The number of carbonyl (C=O) groups excluding carboxylic acids is 1. The van der Waals surface area contributed by atoms with Crippen LogP contribution in [0.5, 0.6) is 0 Å². The molecule has 0 saturated heterocycles. The minimum Gasteiger partial charge on any atom is -0.306 e. The molecule has 1 aliphatic rings. The molecule has 3 aromatic carbocycles. The van der Waals surface area contributed by atoms with Gasteiger partial charge in [-0.3, -0.25) is 0 Å². The molecule has 33 heavy (non-hydrogen) atoms. The van der Waals surface area contributed by atoms with Crippen molar-refractivity contribution in [3.8, 4) is 0 Å². The fourth-order valence-corrected chi connectivity index (χ4v) is 4.50. The standard InChI is InChI=1S/C24H18BrClF3N3O/c1-23(16-6-3-2-4-7-16)14-32(22(33)30-18-9-5-8-17(25)13-18)31-21(23)15-10-11-19(20(26)12-15)24(27,28)29/h2-13H,14H2,1H3,(H,30,33). The maximum atomic E-state index is 13.2. The second-order valence-corrected chi connectivity index (χ2v) is 9.16. The Morgan fingerprint density at radius 3 is 2.45 bits per heavy atom. The number of hydrogen-bond acceptors (Lipinski definition) is 2. The SMILES string of the molecule is CC1(c2ccccc2)CN(C(=O)Nc2cccc(Br)c2)N=C1c1ccc(C(F)(F)F)c(Cl)c1. The lowest BCUT2D eigenvalue weighted by atomic mass is 9.76. The third kappa shape index (κ3) is 4.77. The largest absolute Gasteiger partial charge is 0.417 e. The van der Waals surface area contributed by atoms with Crippen molar-refractivity contribution in [3.63, 3.8) is 0 Å². The smallest absolute Gasteiger partial charge is 0.306 e. The van der Waals surface area contributed by atoms with Crippen LogP contribution in [-0.4, -0.2) is 23.3 Å². The Hall–Kier alpha value is -2.84. The van der Waals surface area contributed by atoms with Crippen LogP contribution in [0.25, 0.3) is 0 Å². The van der Waals surface area contributed by atoms with Crippen LogP contribution < -0.4 is 5.32 Å². The van der Waals surface area contributed by atoms with Crippen LogP contribution in [0.3, 0.4) is 0 Å². The van der Waals surface area contributed by atoms with Gasteiger partial charge in [0.05, 0.1) is 28.3 Å². The average molecular weight is 537 g/mol. The zero-order valence-corrected chi connectivity index (χ0v) is 19.7. The number of benzene rings is 3. The van der Waals surface area contributed by atoms with Crippen molar-refractivity contribution >= 4 is 45.0 Å². The van der Waals surface area contributed by atoms with Crippen LogP contribution >= 0.6 is 27.5 Å². The van der Waals surface area contributed by atoms with E-state index in [9.17, 15) is 18.0 Å². The Morgan fingerprint density at radius 2 is 1.82 bits per heavy atom. The molecule has 4 rings (SSSR count). The predicted octanol–water partition coefficient (Wildman–Crippen LogP) is 7.33. The van der Waals surface area contributed by atoms with Crippen LogP contribution in [0.4, 0.5) is 23.7 Å². The summed E-state index contributed by atoms with van der Waals surface area (Å²) in [7, 11) is 0. The summed E-state index contributed by atoms with van der Waals surface area (Å²) in [6.45, 7) is 2.10. The van der Waals surface area contributed by atoms with E-state index in [-0.39, 0.29) is 6.54 Å². The summed E-state index contributed by atoms with van der Waals surface area (Å²) in [5.74, 6) is 0. The first-order chi connectivity index (χ1) is 15.6. The number of hydrazone groups is 1. The number of carbonyl (C=O) groups is 1. The minimum atomic E-state index is -4.56. The average Bonchev–Trinajstić information content (AvgIpc) is 3.12. The van der Waals surface area contributed by atoms with Crippen molar-refractivity contribution in [2.45, 2.75) is 18.5 Å². The first-order valence-electron chi connectivity index (χ1n) is 9.94. The molecule has 0 saturated carbocycles. The quantitative estimate of drug-likeness (QED) is 0.374. The van der Waals surface area contributed by atoms with Crippen molar-refractivity contribution in [1.29, 1.82) is 0 Å². The molecule has 0 aliphatic carbocycles. The van der Waals surface area contributed by atoms with Gasteiger partial charge >= 0.3 is 12.2 Å². The van der Waals surface area contributed by atoms with E-state index in [1.165, 1.54) is 17.1 Å². The fraction of sp³-hybridized carbons (Fsp3) is 0.167. The van der Waals surface area contributed by atoms with Crippen molar-refractivity contribution in [2.75, 3.05) is 11.9 Å². The first kappa shape index (κ1) is 23.3. The van der Waals surface area contributed by atoms with Gasteiger partial charge in [-0.05, 0) is 42.8 Å². The first-order valence-corrected chi connectivity index (χ1v) is 11.1. The molecule has 4 nitrogen and oxygen atoms in total. The molecule has 0 bridgehead atoms. The summed E-state index contributed by atoms with van der Waals surface area (Å²) in [6, 6.07) is 19.6. The van der Waals surface area contributed by atoms with E-state index in [0.717, 1.165) is 16.1 Å². The molecule has 1 heterocycles. The monoisotopic (exact) mass is 535 g/mol. The summed E-state index contributed by atoms with van der Waals surface area (Å²) < 4.78 is 40.4. The Morgan fingerprint density at radius 1 is 1.09 bits per heavy atom. The molecule has 1 N–H and O–H groups in total. The molecular formula is C24H18BrClF3N3O. The number of nitrogens with zero attached hydrogens (tertiary/aromatic N) is 2. The van der Waals surface area contributed by atoms with Crippen LogP contribution in [0.15, 0.2) is 82.4 Å². The van der Waals surface area contributed by atoms with Gasteiger partial charge in [0, 0.05) is 15.7 Å². The van der Waals surface area contributed by atoms with Crippen LogP contribution in [0.1, 0.15) is 23.6 Å². The number of alkyl halides is 3. The second-order valence-electron chi connectivity index (χ2n) is 7.84. The number of amides is 2. The number of anilines is 1. The summed E-state index contributed by atoms with van der Waals surface area (Å²) in [4.78, 5) is 13.0. The summed E-state index contributed by atoms with van der Waals surface area (Å²) in [6.07, 6.45) is -4.56. The van der Waals surface area contributed by atoms with Crippen LogP contribution in [0, 0.1) is 0 Å². The van der Waals surface area contributed by atoms with E-state index >= 15 is 0 Å². The summed E-state index contributed by atoms with van der Waals surface area (Å²) >= 11 is 9.35. The Kier molecular flexibility index (Phi) is 6.24. The van der Waals surface area contributed by atoms with Gasteiger partial charge in [-0.1, -0.05) is 70.0 Å². The molecule has 2 amide bonds. The van der Waals surface area contributed by atoms with Crippen molar-refractivity contribution in [1.82, 2.24) is 5.01 Å². The minimum absolute atomic E-state index is 0.199. The number of rotatable bonds is 3. The summed E-state index contributed by atoms with van der Waals surface area (Å²) in [5, 5.41) is 8.19. The van der Waals surface area contributed by atoms with Crippen molar-refractivity contribution in [3.05, 3.63) is 99.0 Å². The van der Waals surface area contributed by atoms with Crippen molar-refractivity contribution in [2.24, 2.45) is 5.10 Å². The van der Waals surface area contributed by atoms with Gasteiger partial charge in [0.1, 0.15) is 0 Å². The third-order valence-corrected chi connectivity index (χ3v) is 6.28. The van der Waals surface area contributed by atoms with Crippen LogP contribution in [-0.2, 0) is 11.6 Å². The fourth-order valence-electron chi connectivity index (χ4n) is 3.81. The number of halogens is 5. The maximum absolute atomic E-state index is 13.2. The second kappa shape index (κ2) is 8.83. The molecule has 1 atom stereocenters. The van der Waals surface area contributed by atoms with Gasteiger partial charge < -0.3 is 5.32 Å². The predicted molar refractivity (Wildman–Crippen MR) is 127 cm³/mol. The maximum Gasteiger partial charge on any atom is 0.417 e. The lowest BCUT2D eigenvalue weighted by molar-refractivity contribution is -0.137.